The van der Waals surface area contributed by atoms with Gasteiger partial charge in [-0.1, -0.05) is 18.2 Å². The van der Waals surface area contributed by atoms with Crippen LogP contribution in [0.15, 0.2) is 23.8 Å². The van der Waals surface area contributed by atoms with Gasteiger partial charge in [0.1, 0.15) is 17.7 Å². The Morgan fingerprint density at radius 2 is 1.96 bits per heavy atom. The highest BCUT2D eigenvalue weighted by Crippen LogP contribution is 2.34. The second-order valence-corrected chi connectivity index (χ2v) is 7.77. The minimum Gasteiger partial charge on any atom is -0.463 e. The highest BCUT2D eigenvalue weighted by molar-refractivity contribution is 5.97. The first-order chi connectivity index (χ1) is 12.6. The lowest BCUT2D eigenvalue weighted by Crippen LogP contribution is -2.29. The Morgan fingerprint density at radius 1 is 1.26 bits per heavy atom. The number of carbonyl (C=O) groups is 4. The van der Waals surface area contributed by atoms with E-state index in [4.69, 9.17) is 9.47 Å². The Hall–Kier alpha value is -2.08. The van der Waals surface area contributed by atoms with Gasteiger partial charge in [-0.15, -0.1) is 0 Å². The highest BCUT2D eigenvalue weighted by atomic mass is 16.5. The van der Waals surface area contributed by atoms with Crippen LogP contribution in [0, 0.1) is 5.92 Å². The van der Waals surface area contributed by atoms with E-state index in [9.17, 15) is 19.2 Å². The van der Waals surface area contributed by atoms with Gasteiger partial charge in [0.2, 0.25) is 0 Å². The molecular weight excluding hydrogens is 348 g/mol. The molecule has 6 heteroatoms. The molecule has 0 aromatic heterocycles. The van der Waals surface area contributed by atoms with Crippen LogP contribution >= 0.6 is 0 Å². The summed E-state index contributed by atoms with van der Waals surface area (Å²) in [7, 11) is 0. The summed E-state index contributed by atoms with van der Waals surface area (Å²) in [4.78, 5) is 49.5. The van der Waals surface area contributed by atoms with Gasteiger partial charge in [0.15, 0.2) is 5.78 Å². The molecule has 1 fully saturated rings. The van der Waals surface area contributed by atoms with Gasteiger partial charge in [0, 0.05) is 37.7 Å². The van der Waals surface area contributed by atoms with Gasteiger partial charge in [-0.2, -0.15) is 0 Å². The number of allylic oxidation sites excluding steroid dienone is 2. The zero-order valence-corrected chi connectivity index (χ0v) is 16.3. The molecule has 2 bridgehead atoms. The molecule has 0 saturated carbocycles. The second-order valence-electron chi connectivity index (χ2n) is 7.77. The van der Waals surface area contributed by atoms with Gasteiger partial charge in [0.25, 0.3) is 0 Å². The largest absolute Gasteiger partial charge is 0.463 e. The number of rotatable bonds is 3. The Bertz CT molecular complexity index is 689. The minimum atomic E-state index is -0.930. The van der Waals surface area contributed by atoms with Crippen LogP contribution in [0.2, 0.25) is 0 Å². The molecule has 0 aromatic rings. The first kappa shape index (κ1) is 21.2. The number of Topliss-reactive ketones (excluding diaryl/α,β-unsaturated/α-hetero) is 3. The molecule has 0 amide bonds. The van der Waals surface area contributed by atoms with Crippen molar-refractivity contribution in [1.29, 1.82) is 0 Å². The monoisotopic (exact) mass is 376 g/mol. The normalized spacial score (nSPS) is 32.0. The lowest BCUT2D eigenvalue weighted by atomic mass is 9.87. The molecule has 2 aliphatic heterocycles. The number of ketones is 3. The molecule has 148 valence electrons. The van der Waals surface area contributed by atoms with Crippen molar-refractivity contribution in [1.82, 2.24) is 0 Å². The molecule has 3 atom stereocenters. The van der Waals surface area contributed by atoms with Crippen LogP contribution in [0.25, 0.3) is 0 Å². The molecule has 2 rings (SSSR count). The number of fused-ring (bicyclic) bond motifs is 2. The van der Waals surface area contributed by atoms with E-state index in [2.05, 4.69) is 6.58 Å². The Labute approximate surface area is 160 Å². The molecule has 0 N–H and O–H groups in total. The molecule has 1 saturated heterocycles. The van der Waals surface area contributed by atoms with Crippen LogP contribution < -0.4 is 0 Å². The molecular formula is C21H28O6. The third-order valence-corrected chi connectivity index (χ3v) is 5.06. The van der Waals surface area contributed by atoms with Crippen LogP contribution in [0.1, 0.15) is 59.3 Å². The number of ether oxygens (including phenoxy) is 2. The zero-order chi connectivity index (χ0) is 20.2. The van der Waals surface area contributed by atoms with Crippen LogP contribution in [0.3, 0.4) is 0 Å². The first-order valence-corrected chi connectivity index (χ1v) is 9.39. The van der Waals surface area contributed by atoms with Gasteiger partial charge in [-0.05, 0) is 33.1 Å². The van der Waals surface area contributed by atoms with E-state index < -0.39 is 17.7 Å². The minimum absolute atomic E-state index is 0.0147. The maximum Gasteiger partial charge on any atom is 0.334 e. The summed E-state index contributed by atoms with van der Waals surface area (Å²) in [5.41, 5.74) is 0.164. The van der Waals surface area contributed by atoms with Crippen LogP contribution in [0.4, 0.5) is 0 Å². The fourth-order valence-corrected chi connectivity index (χ4v) is 3.64. The molecule has 0 aliphatic carbocycles. The standard InChI is InChI=1S/C21H28O6/c1-5-26-20(25)15-7-6-14(13(2)3)8-16(22)10-19-18(24)12-21(4,27-19)11-17(23)9-15/h7,14,19H,2,5-6,8-12H2,1,3-4H3/b15-7-/t14-,19+,21-/m0/s1. The molecule has 6 nitrogen and oxygen atoms in total. The van der Waals surface area contributed by atoms with Crippen molar-refractivity contribution in [3.63, 3.8) is 0 Å². The van der Waals surface area contributed by atoms with E-state index in [1.165, 1.54) is 0 Å². The Morgan fingerprint density at radius 3 is 2.59 bits per heavy atom. The van der Waals surface area contributed by atoms with E-state index >= 15 is 0 Å². The van der Waals surface area contributed by atoms with Crippen molar-refractivity contribution in [2.45, 2.75) is 71.0 Å². The zero-order valence-electron chi connectivity index (χ0n) is 16.3. The Kier molecular flexibility index (Phi) is 6.87. The highest BCUT2D eigenvalue weighted by Gasteiger charge is 2.44. The van der Waals surface area contributed by atoms with E-state index in [0.29, 0.717) is 6.42 Å². The SMILES string of the molecule is C=C(C)[C@H]1C/C=C(\C(=O)OCC)CC(=O)C[C@@]2(C)CC(=O)[C@@H](CC(=O)C1)O2. The predicted molar refractivity (Wildman–Crippen MR) is 99.0 cm³/mol. The number of hydrogen-bond donors (Lipinski definition) is 0. The van der Waals surface area contributed by atoms with Gasteiger partial charge in [-0.25, -0.2) is 4.79 Å². The van der Waals surface area contributed by atoms with Crippen molar-refractivity contribution in [2.24, 2.45) is 5.92 Å². The lowest BCUT2D eigenvalue weighted by molar-refractivity contribution is -0.140. The van der Waals surface area contributed by atoms with E-state index in [0.717, 1.165) is 5.57 Å². The number of carbonyl (C=O) groups excluding carboxylic acids is 4. The quantitative estimate of drug-likeness (QED) is 0.556. The summed E-state index contributed by atoms with van der Waals surface area (Å²) in [5.74, 6) is -1.12. The Balaban J connectivity index is 2.33. The lowest BCUT2D eigenvalue weighted by Gasteiger charge is -2.23. The van der Waals surface area contributed by atoms with E-state index in [1.54, 1.807) is 19.9 Å². The molecule has 2 heterocycles. The summed E-state index contributed by atoms with van der Waals surface area (Å²) in [6, 6.07) is 0. The van der Waals surface area contributed by atoms with E-state index in [-0.39, 0.29) is 67.6 Å². The van der Waals surface area contributed by atoms with Crippen LogP contribution in [-0.2, 0) is 28.7 Å². The molecule has 0 aromatic carbocycles. The fourth-order valence-electron chi connectivity index (χ4n) is 3.64. The van der Waals surface area contributed by atoms with Gasteiger partial charge in [-0.3, -0.25) is 14.4 Å². The van der Waals surface area contributed by atoms with Crippen molar-refractivity contribution in [3.05, 3.63) is 23.8 Å². The maximum atomic E-state index is 12.6. The topological polar surface area (TPSA) is 86.7 Å². The molecule has 0 radical (unpaired) electrons. The third-order valence-electron chi connectivity index (χ3n) is 5.06. The average molecular weight is 376 g/mol. The smallest absolute Gasteiger partial charge is 0.334 e. The van der Waals surface area contributed by atoms with Crippen molar-refractivity contribution in [3.8, 4) is 0 Å². The summed E-state index contributed by atoms with van der Waals surface area (Å²) >= 11 is 0. The summed E-state index contributed by atoms with van der Waals surface area (Å²) in [6.45, 7) is 9.38. The first-order valence-electron chi connectivity index (χ1n) is 9.39. The molecule has 0 unspecified atom stereocenters. The average Bonchev–Trinajstić information content (AvgIpc) is 2.82. The van der Waals surface area contributed by atoms with Gasteiger partial charge < -0.3 is 9.47 Å². The molecule has 27 heavy (non-hydrogen) atoms. The van der Waals surface area contributed by atoms with Crippen molar-refractivity contribution < 1.29 is 28.7 Å². The predicted octanol–water partition coefficient (Wildman–Crippen LogP) is 2.89. The van der Waals surface area contributed by atoms with Crippen LogP contribution in [0.5, 0.6) is 0 Å². The van der Waals surface area contributed by atoms with Crippen molar-refractivity contribution >= 4 is 23.3 Å². The molecule has 0 spiro atoms. The van der Waals surface area contributed by atoms with Crippen molar-refractivity contribution in [2.75, 3.05) is 6.61 Å². The van der Waals surface area contributed by atoms with Gasteiger partial charge >= 0.3 is 5.97 Å². The van der Waals surface area contributed by atoms with E-state index in [1.807, 2.05) is 6.92 Å². The summed E-state index contributed by atoms with van der Waals surface area (Å²) < 4.78 is 10.9. The summed E-state index contributed by atoms with van der Waals surface area (Å²) in [5, 5.41) is 0. The second kappa shape index (κ2) is 8.74. The molecule has 2 aliphatic rings. The van der Waals surface area contributed by atoms with Crippen LogP contribution in [-0.4, -0.2) is 41.6 Å². The number of esters is 1. The third kappa shape index (κ3) is 5.70. The van der Waals surface area contributed by atoms with Gasteiger partial charge in [0.05, 0.1) is 12.2 Å². The number of hydrogen-bond acceptors (Lipinski definition) is 6. The fraction of sp³-hybridized carbons (Fsp3) is 0.619. The maximum absolute atomic E-state index is 12.6. The summed E-state index contributed by atoms with van der Waals surface area (Å²) in [6.07, 6.45) is 1.59.